The number of unbranched alkanes of at least 4 members (excludes halogenated alkanes) is 3. The Bertz CT molecular complexity index is 272. The normalized spacial score (nSPS) is 10.4. The summed E-state index contributed by atoms with van der Waals surface area (Å²) in [5.74, 6) is 0.872. The molecule has 1 heterocycles. The molecule has 1 rings (SSSR count). The number of pyridine rings is 1. The van der Waals surface area contributed by atoms with Crippen molar-refractivity contribution in [1.29, 1.82) is 0 Å². The maximum absolute atomic E-state index is 5.60. The van der Waals surface area contributed by atoms with Crippen LogP contribution in [0.15, 0.2) is 18.3 Å². The standard InChI is InChI=1S/C13H22N2O/c1-3-4-5-6-9-16-13-8-7-12(10-14-2)15-11-13/h7-8,11,14H,3-6,9-10H2,1-2H3. The molecule has 0 saturated carbocycles. The van der Waals surface area contributed by atoms with Gasteiger partial charge in [0.25, 0.3) is 0 Å². The molecule has 0 aliphatic rings. The van der Waals surface area contributed by atoms with E-state index >= 15 is 0 Å². The molecule has 0 aliphatic carbocycles. The first-order valence-electron chi connectivity index (χ1n) is 6.09. The van der Waals surface area contributed by atoms with Crippen LogP contribution in [-0.2, 0) is 6.54 Å². The predicted octanol–water partition coefficient (Wildman–Crippen LogP) is 2.76. The van der Waals surface area contributed by atoms with E-state index in [1.807, 2.05) is 19.2 Å². The number of rotatable bonds is 8. The Morgan fingerprint density at radius 3 is 2.75 bits per heavy atom. The molecule has 0 amide bonds. The Labute approximate surface area is 98.2 Å². The molecule has 1 N–H and O–H groups in total. The molecule has 90 valence electrons. The van der Waals surface area contributed by atoms with Gasteiger partial charge in [-0.1, -0.05) is 26.2 Å². The molecule has 0 radical (unpaired) electrons. The highest BCUT2D eigenvalue weighted by Gasteiger charge is 1.96. The molecule has 3 nitrogen and oxygen atoms in total. The Morgan fingerprint density at radius 2 is 2.12 bits per heavy atom. The van der Waals surface area contributed by atoms with Crippen LogP contribution < -0.4 is 10.1 Å². The second kappa shape index (κ2) is 8.11. The highest BCUT2D eigenvalue weighted by Crippen LogP contribution is 2.10. The third-order valence-corrected chi connectivity index (χ3v) is 2.42. The van der Waals surface area contributed by atoms with Crippen molar-refractivity contribution in [2.24, 2.45) is 0 Å². The van der Waals surface area contributed by atoms with Crippen molar-refractivity contribution in [1.82, 2.24) is 10.3 Å². The van der Waals surface area contributed by atoms with E-state index in [1.165, 1.54) is 19.3 Å². The minimum absolute atomic E-state index is 0.799. The maximum Gasteiger partial charge on any atom is 0.137 e. The van der Waals surface area contributed by atoms with E-state index < -0.39 is 0 Å². The monoisotopic (exact) mass is 222 g/mol. The lowest BCUT2D eigenvalue weighted by Gasteiger charge is -2.06. The molecule has 0 atom stereocenters. The summed E-state index contributed by atoms with van der Waals surface area (Å²) in [5, 5.41) is 3.07. The molecular weight excluding hydrogens is 200 g/mol. The van der Waals surface area contributed by atoms with Crippen molar-refractivity contribution in [3.63, 3.8) is 0 Å². The van der Waals surface area contributed by atoms with E-state index in [4.69, 9.17) is 4.74 Å². The van der Waals surface area contributed by atoms with Crippen LogP contribution >= 0.6 is 0 Å². The van der Waals surface area contributed by atoms with Gasteiger partial charge in [0.05, 0.1) is 18.5 Å². The van der Waals surface area contributed by atoms with Crippen LogP contribution in [0.3, 0.4) is 0 Å². The van der Waals surface area contributed by atoms with E-state index in [1.54, 1.807) is 6.20 Å². The zero-order valence-electron chi connectivity index (χ0n) is 10.3. The lowest BCUT2D eigenvalue weighted by Crippen LogP contribution is -2.06. The number of ether oxygens (including phenoxy) is 1. The third-order valence-electron chi connectivity index (χ3n) is 2.42. The van der Waals surface area contributed by atoms with Gasteiger partial charge < -0.3 is 10.1 Å². The summed E-state index contributed by atoms with van der Waals surface area (Å²) < 4.78 is 5.60. The summed E-state index contributed by atoms with van der Waals surface area (Å²) in [4.78, 5) is 4.30. The van der Waals surface area contributed by atoms with E-state index in [2.05, 4.69) is 17.2 Å². The lowest BCUT2D eigenvalue weighted by atomic mass is 10.2. The molecule has 0 bridgehead atoms. The Balaban J connectivity index is 2.21. The van der Waals surface area contributed by atoms with E-state index in [0.29, 0.717) is 0 Å². The fraction of sp³-hybridized carbons (Fsp3) is 0.615. The van der Waals surface area contributed by atoms with Crippen LogP contribution in [0, 0.1) is 0 Å². The van der Waals surface area contributed by atoms with Gasteiger partial charge >= 0.3 is 0 Å². The Morgan fingerprint density at radius 1 is 1.25 bits per heavy atom. The average Bonchev–Trinajstić information content (AvgIpc) is 2.31. The largest absolute Gasteiger partial charge is 0.492 e. The molecular formula is C13H22N2O. The first-order valence-corrected chi connectivity index (χ1v) is 6.09. The number of aromatic nitrogens is 1. The topological polar surface area (TPSA) is 34.1 Å². The minimum atomic E-state index is 0.799. The van der Waals surface area contributed by atoms with Gasteiger partial charge in [-0.15, -0.1) is 0 Å². The van der Waals surface area contributed by atoms with Crippen LogP contribution in [0.2, 0.25) is 0 Å². The third kappa shape index (κ3) is 5.12. The van der Waals surface area contributed by atoms with Crippen molar-refractivity contribution in [2.45, 2.75) is 39.2 Å². The van der Waals surface area contributed by atoms with Gasteiger partial charge in [-0.2, -0.15) is 0 Å². The first kappa shape index (κ1) is 13.0. The van der Waals surface area contributed by atoms with Crippen molar-refractivity contribution in [2.75, 3.05) is 13.7 Å². The SMILES string of the molecule is CCCCCCOc1ccc(CNC)nc1. The summed E-state index contributed by atoms with van der Waals surface area (Å²) in [7, 11) is 1.92. The molecule has 0 saturated heterocycles. The number of nitrogens with one attached hydrogen (secondary N) is 1. The zero-order chi connectivity index (χ0) is 11.6. The van der Waals surface area contributed by atoms with Crippen molar-refractivity contribution < 1.29 is 4.74 Å². The molecule has 16 heavy (non-hydrogen) atoms. The molecule has 0 spiro atoms. The minimum Gasteiger partial charge on any atom is -0.492 e. The van der Waals surface area contributed by atoms with Crippen molar-refractivity contribution in [3.05, 3.63) is 24.0 Å². The first-order chi connectivity index (χ1) is 7.86. The summed E-state index contributed by atoms with van der Waals surface area (Å²) >= 11 is 0. The number of hydrogen-bond donors (Lipinski definition) is 1. The van der Waals surface area contributed by atoms with Gasteiger partial charge in [-0.25, -0.2) is 0 Å². The van der Waals surface area contributed by atoms with Gasteiger partial charge in [0.2, 0.25) is 0 Å². The number of nitrogens with zero attached hydrogens (tertiary/aromatic N) is 1. The smallest absolute Gasteiger partial charge is 0.137 e. The van der Waals surface area contributed by atoms with Crippen molar-refractivity contribution >= 4 is 0 Å². The molecule has 0 aromatic carbocycles. The molecule has 1 aromatic heterocycles. The highest BCUT2D eigenvalue weighted by atomic mass is 16.5. The Kier molecular flexibility index (Phi) is 6.58. The van der Waals surface area contributed by atoms with Crippen LogP contribution in [0.25, 0.3) is 0 Å². The van der Waals surface area contributed by atoms with E-state index in [0.717, 1.165) is 31.0 Å². The van der Waals surface area contributed by atoms with Gasteiger partial charge in [-0.05, 0) is 25.6 Å². The second-order valence-corrected chi connectivity index (χ2v) is 3.92. The van der Waals surface area contributed by atoms with Crippen LogP contribution in [0.1, 0.15) is 38.3 Å². The van der Waals surface area contributed by atoms with Crippen molar-refractivity contribution in [3.8, 4) is 5.75 Å². The second-order valence-electron chi connectivity index (χ2n) is 3.92. The average molecular weight is 222 g/mol. The fourth-order valence-corrected chi connectivity index (χ4v) is 1.50. The maximum atomic E-state index is 5.60. The van der Waals surface area contributed by atoms with Gasteiger partial charge in [0.15, 0.2) is 0 Å². The van der Waals surface area contributed by atoms with Gasteiger partial charge in [0, 0.05) is 6.54 Å². The molecule has 0 unspecified atom stereocenters. The van der Waals surface area contributed by atoms with Crippen LogP contribution in [0.4, 0.5) is 0 Å². The number of hydrogen-bond acceptors (Lipinski definition) is 3. The summed E-state index contributed by atoms with van der Waals surface area (Å²) in [6.07, 6.45) is 6.74. The van der Waals surface area contributed by atoms with Gasteiger partial charge in [-0.3, -0.25) is 4.98 Å². The molecule has 0 aliphatic heterocycles. The quantitative estimate of drug-likeness (QED) is 0.687. The van der Waals surface area contributed by atoms with Gasteiger partial charge in [0.1, 0.15) is 5.75 Å². The van der Waals surface area contributed by atoms with E-state index in [-0.39, 0.29) is 0 Å². The highest BCUT2D eigenvalue weighted by molar-refractivity contribution is 5.19. The van der Waals surface area contributed by atoms with Crippen LogP contribution in [-0.4, -0.2) is 18.6 Å². The Hall–Kier alpha value is -1.09. The predicted molar refractivity (Wildman–Crippen MR) is 66.6 cm³/mol. The molecule has 3 heteroatoms. The molecule has 0 fully saturated rings. The summed E-state index contributed by atoms with van der Waals surface area (Å²) in [5.41, 5.74) is 1.04. The fourth-order valence-electron chi connectivity index (χ4n) is 1.50. The summed E-state index contributed by atoms with van der Waals surface area (Å²) in [6, 6.07) is 3.98. The lowest BCUT2D eigenvalue weighted by molar-refractivity contribution is 0.304. The summed E-state index contributed by atoms with van der Waals surface area (Å²) in [6.45, 7) is 3.81. The van der Waals surface area contributed by atoms with Crippen LogP contribution in [0.5, 0.6) is 5.75 Å². The zero-order valence-corrected chi connectivity index (χ0v) is 10.3. The molecule has 1 aromatic rings. The van der Waals surface area contributed by atoms with E-state index in [9.17, 15) is 0 Å².